The average molecular weight is 1800 g/mol. The van der Waals surface area contributed by atoms with Crippen molar-refractivity contribution in [2.45, 2.75) is 295 Å². The molecule has 15 aromatic carbocycles. The lowest BCUT2D eigenvalue weighted by atomic mass is 9.70. The molecule has 0 radical (unpaired) electrons. The summed E-state index contributed by atoms with van der Waals surface area (Å²) < 4.78 is 14.7. The summed E-state index contributed by atoms with van der Waals surface area (Å²) in [5.74, 6) is 0. The number of hydrogen-bond acceptors (Lipinski definition) is 2. The summed E-state index contributed by atoms with van der Waals surface area (Å²) in [4.78, 5) is 0. The van der Waals surface area contributed by atoms with Crippen LogP contribution in [-0.2, 0) is 32.5 Å². The average Bonchev–Trinajstić information content (AvgIpc) is 1.51. The highest BCUT2D eigenvalue weighted by Crippen LogP contribution is 2.64. The van der Waals surface area contributed by atoms with Crippen molar-refractivity contribution in [2.24, 2.45) is 0 Å². The van der Waals surface area contributed by atoms with E-state index in [4.69, 9.17) is 8.83 Å². The fourth-order valence-electron chi connectivity index (χ4n) is 27.4. The Kier molecular flexibility index (Phi) is 23.2. The van der Waals surface area contributed by atoms with E-state index in [1.807, 2.05) is 0 Å². The van der Waals surface area contributed by atoms with E-state index in [1.54, 1.807) is 22.3 Å². The first-order valence-electron chi connectivity index (χ1n) is 53.7. The first-order valence-corrected chi connectivity index (χ1v) is 53.7. The summed E-state index contributed by atoms with van der Waals surface area (Å²) in [5.41, 5.74) is 50.9. The summed E-state index contributed by atoms with van der Waals surface area (Å²) in [5, 5.41) is 4.61. The van der Waals surface area contributed by atoms with Crippen LogP contribution < -0.4 is 0 Å². The Morgan fingerprint density at radius 2 is 0.413 bits per heavy atom. The maximum Gasteiger partial charge on any atom is 0.144 e. The van der Waals surface area contributed by atoms with Gasteiger partial charge >= 0.3 is 0 Å². The second-order valence-electron chi connectivity index (χ2n) is 44.8. The second-order valence-corrected chi connectivity index (χ2v) is 44.8. The Balaban J connectivity index is 0.529. The number of fused-ring (bicyclic) bond motifs is 26. The summed E-state index contributed by atoms with van der Waals surface area (Å²) in [6.07, 6.45) is 36.6. The minimum atomic E-state index is -0.384. The highest BCUT2D eigenvalue weighted by molar-refractivity contribution is 6.21. The molecule has 17 aromatic rings. The largest absolute Gasteiger partial charge is 0.455 e. The molecule has 138 heavy (non-hydrogen) atoms. The van der Waals surface area contributed by atoms with Crippen LogP contribution in [0.25, 0.3) is 177 Å². The molecule has 0 atom stereocenters. The molecule has 0 aliphatic heterocycles. The molecule has 0 spiro atoms. The molecule has 0 fully saturated rings. The fourth-order valence-corrected chi connectivity index (χ4v) is 27.4. The third-order valence-corrected chi connectivity index (χ3v) is 35.1. The maximum absolute atomic E-state index is 7.34. The molecule has 2 nitrogen and oxygen atoms in total. The van der Waals surface area contributed by atoms with Gasteiger partial charge in [-0.25, -0.2) is 0 Å². The summed E-state index contributed by atoms with van der Waals surface area (Å²) >= 11 is 0. The molecule has 0 amide bonds. The molecule has 2 heterocycles. The van der Waals surface area contributed by atoms with Crippen LogP contribution in [-0.4, -0.2) is 0 Å². The van der Waals surface area contributed by atoms with Gasteiger partial charge in [0.2, 0.25) is 0 Å². The number of furan rings is 2. The highest BCUT2D eigenvalue weighted by atomic mass is 16.3. The van der Waals surface area contributed by atoms with Crippen LogP contribution in [0.1, 0.15) is 330 Å². The highest BCUT2D eigenvalue weighted by Gasteiger charge is 2.49. The standard InChI is InChI=1S/C136H138O2/c1-13-17-21-25-29-41-73-135(74-42-30-26-22-18-14-2)111-49-37-33-45-97(111)103-71-65-95(81-119(103)135)93-63-69-101-99-67-61-91(77-113(99)131(5,6)115(101)79-93)87-53-57-89(58-54-87)107-83-121-127(129-125(107)105-47-35-39-51-123(105)137-129)109-85-118-110(86-117(109)133(121,9)10)128-122(134(118,11)12)84-108(126-106-48-36-40-52-124(106)138-130(126)128)90-59-55-88(56-60-90)92-62-68-100-102-70-64-94(80-116(102)132(7,8)114(100)78-92)96-66-72-104-98-46-34-38-50-112(98)136(120(104)82-96,75-43-31-27-23-19-15-3)76-44-32-28-24-20-16-4/h33-40,45-72,77-86H,13-32,41-44,73-76H2,1-12H3. The van der Waals surface area contributed by atoms with Gasteiger partial charge in [-0.15, -0.1) is 0 Å². The fraction of sp³-hybridized carbons (Fsp3) is 0.338. The molecule has 23 rings (SSSR count). The van der Waals surface area contributed by atoms with Crippen molar-refractivity contribution < 1.29 is 8.83 Å². The Bertz CT molecular complexity index is 7130. The summed E-state index contributed by atoms with van der Waals surface area (Å²) in [6, 6.07) is 110. The van der Waals surface area contributed by atoms with E-state index >= 15 is 0 Å². The number of rotatable bonds is 34. The Hall–Kier alpha value is -12.1. The predicted molar refractivity (Wildman–Crippen MR) is 588 cm³/mol. The van der Waals surface area contributed by atoms with Gasteiger partial charge in [0, 0.05) is 65.2 Å². The van der Waals surface area contributed by atoms with Crippen LogP contribution in [0.2, 0.25) is 0 Å². The van der Waals surface area contributed by atoms with Crippen molar-refractivity contribution in [2.75, 3.05) is 0 Å². The number of benzene rings is 15. The molecule has 0 N–H and O–H groups in total. The normalized spacial score (nSPS) is 15.4. The number of para-hydroxylation sites is 2. The molecule has 0 unspecified atom stereocenters. The zero-order valence-corrected chi connectivity index (χ0v) is 84.2. The Morgan fingerprint density at radius 3 is 0.739 bits per heavy atom. The Morgan fingerprint density at radius 1 is 0.181 bits per heavy atom. The van der Waals surface area contributed by atoms with Gasteiger partial charge in [0.15, 0.2) is 0 Å². The van der Waals surface area contributed by atoms with Crippen LogP contribution in [0.15, 0.2) is 288 Å². The van der Waals surface area contributed by atoms with Gasteiger partial charge in [-0.05, 0) is 288 Å². The van der Waals surface area contributed by atoms with Gasteiger partial charge in [0.1, 0.15) is 22.3 Å². The summed E-state index contributed by atoms with van der Waals surface area (Å²) in [7, 11) is 0. The van der Waals surface area contributed by atoms with E-state index in [2.05, 4.69) is 362 Å². The number of hydrogen-bond donors (Lipinski definition) is 0. The molecule has 6 aliphatic carbocycles. The van der Waals surface area contributed by atoms with Gasteiger partial charge < -0.3 is 8.83 Å². The second kappa shape index (κ2) is 35.7. The molecule has 694 valence electrons. The van der Waals surface area contributed by atoms with Crippen LogP contribution in [0.5, 0.6) is 0 Å². The quantitative estimate of drug-likeness (QED) is 0.0376. The van der Waals surface area contributed by atoms with Gasteiger partial charge in [0.05, 0.1) is 0 Å². The third kappa shape index (κ3) is 14.6. The van der Waals surface area contributed by atoms with Crippen molar-refractivity contribution in [1.29, 1.82) is 0 Å². The van der Waals surface area contributed by atoms with E-state index in [0.717, 1.165) is 33.1 Å². The summed E-state index contributed by atoms with van der Waals surface area (Å²) in [6.45, 7) is 28.9. The van der Waals surface area contributed by atoms with Crippen molar-refractivity contribution in [3.8, 4) is 134 Å². The monoisotopic (exact) mass is 1800 g/mol. The van der Waals surface area contributed by atoms with Crippen LogP contribution in [0.4, 0.5) is 0 Å². The van der Waals surface area contributed by atoms with E-state index in [1.165, 1.54) is 369 Å². The zero-order valence-electron chi connectivity index (χ0n) is 84.2. The van der Waals surface area contributed by atoms with Gasteiger partial charge in [-0.1, -0.05) is 443 Å². The van der Waals surface area contributed by atoms with E-state index in [9.17, 15) is 0 Å². The molecular formula is C136H138O2. The lowest BCUT2D eigenvalue weighted by Crippen LogP contribution is -2.25. The third-order valence-electron chi connectivity index (χ3n) is 35.1. The SMILES string of the molecule is CCCCCCCCC1(CCCCCCCC)c2ccccc2-c2ccc(-c3ccc4c(c3)C(C)(C)c3cc(-c5ccc(-c6cc7c(c8oc9ccccc9c68)-c6cc8c(cc6C7(C)C)-c6c(cc(-c7ccc(-c9ccc%10c(c9)C(C)(C)c9cc(-c%11ccc%12c(c%11)C(CCCCCCCC)(CCCCCCCC)c%11ccccc%11-%12)ccc9-%10)cc7)c7c6oc6ccccc67)C8(C)C)cc5)ccc3-4)cc21. The lowest BCUT2D eigenvalue weighted by molar-refractivity contribution is 0.398. The van der Waals surface area contributed by atoms with Gasteiger partial charge in [-0.3, -0.25) is 0 Å². The topological polar surface area (TPSA) is 26.3 Å². The smallest absolute Gasteiger partial charge is 0.144 e. The first-order chi connectivity index (χ1) is 67.3. The van der Waals surface area contributed by atoms with Crippen LogP contribution in [0.3, 0.4) is 0 Å². The minimum absolute atomic E-state index is 0.0388. The molecule has 0 saturated carbocycles. The lowest BCUT2D eigenvalue weighted by Gasteiger charge is -2.33. The van der Waals surface area contributed by atoms with Crippen LogP contribution >= 0.6 is 0 Å². The van der Waals surface area contributed by atoms with Crippen molar-refractivity contribution in [1.82, 2.24) is 0 Å². The molecule has 6 aliphatic rings. The van der Waals surface area contributed by atoms with Crippen molar-refractivity contribution in [3.05, 3.63) is 346 Å². The molecule has 0 saturated heterocycles. The molecule has 2 aromatic heterocycles. The van der Waals surface area contributed by atoms with E-state index in [-0.39, 0.29) is 32.5 Å². The first kappa shape index (κ1) is 89.8. The zero-order chi connectivity index (χ0) is 94.1. The van der Waals surface area contributed by atoms with Gasteiger partial charge in [-0.2, -0.15) is 0 Å². The maximum atomic E-state index is 7.34. The Labute approximate surface area is 821 Å². The number of unbranched alkanes of at least 4 members (excludes halogenated alkanes) is 20. The minimum Gasteiger partial charge on any atom is -0.455 e. The molecule has 0 bridgehead atoms. The van der Waals surface area contributed by atoms with E-state index in [0.29, 0.717) is 0 Å². The predicted octanol–water partition coefficient (Wildman–Crippen LogP) is 40.2. The molecular weight excluding hydrogens is 1670 g/mol. The van der Waals surface area contributed by atoms with Crippen molar-refractivity contribution >= 4 is 43.9 Å². The van der Waals surface area contributed by atoms with Crippen LogP contribution in [0, 0.1) is 0 Å². The molecule has 2 heteroatoms. The van der Waals surface area contributed by atoms with Crippen molar-refractivity contribution in [3.63, 3.8) is 0 Å². The van der Waals surface area contributed by atoms with Gasteiger partial charge in [0.25, 0.3) is 0 Å². The van der Waals surface area contributed by atoms with E-state index < -0.39 is 0 Å².